The maximum Gasteiger partial charge on any atom is 0.242 e. The first-order chi connectivity index (χ1) is 8.90. The van der Waals surface area contributed by atoms with Gasteiger partial charge < -0.3 is 15.6 Å². The van der Waals surface area contributed by atoms with E-state index in [-0.39, 0.29) is 29.7 Å². The zero-order valence-electron chi connectivity index (χ0n) is 11.1. The van der Waals surface area contributed by atoms with Crippen molar-refractivity contribution in [3.05, 3.63) is 18.2 Å². The van der Waals surface area contributed by atoms with E-state index in [1.807, 2.05) is 6.92 Å². The number of nitrogens with two attached hydrogens (primary N) is 1. The van der Waals surface area contributed by atoms with Gasteiger partial charge in [0.2, 0.25) is 10.0 Å². The molecule has 108 valence electrons. The summed E-state index contributed by atoms with van der Waals surface area (Å²) in [5, 5.41) is 8.77. The predicted octanol–water partition coefficient (Wildman–Crippen LogP) is 0.574. The summed E-state index contributed by atoms with van der Waals surface area (Å²) in [4.78, 5) is 0.0319. The van der Waals surface area contributed by atoms with Crippen molar-refractivity contribution in [3.63, 3.8) is 0 Å². The van der Waals surface area contributed by atoms with Crippen LogP contribution in [0, 0.1) is 5.92 Å². The number of nitrogens with one attached hydrogen (secondary N) is 1. The number of methoxy groups -OCH3 is 1. The third kappa shape index (κ3) is 4.38. The van der Waals surface area contributed by atoms with Crippen molar-refractivity contribution in [1.29, 1.82) is 0 Å². The SMILES string of the molecule is COc1ccc(S(=O)(=O)NCC(C)CCO)c(N)c1. The first kappa shape index (κ1) is 15.7. The monoisotopic (exact) mass is 288 g/mol. The van der Waals surface area contributed by atoms with Gasteiger partial charge in [-0.25, -0.2) is 13.1 Å². The number of ether oxygens (including phenoxy) is 1. The Labute approximate surface area is 113 Å². The summed E-state index contributed by atoms with van der Waals surface area (Å²) in [7, 11) is -2.16. The summed E-state index contributed by atoms with van der Waals surface area (Å²) in [5.74, 6) is 0.560. The summed E-state index contributed by atoms with van der Waals surface area (Å²) < 4.78 is 31.6. The van der Waals surface area contributed by atoms with Gasteiger partial charge in [-0.15, -0.1) is 0 Å². The first-order valence-electron chi connectivity index (χ1n) is 5.94. The van der Waals surface area contributed by atoms with Gasteiger partial charge in [0, 0.05) is 19.2 Å². The fourth-order valence-corrected chi connectivity index (χ4v) is 2.83. The minimum atomic E-state index is -3.64. The fraction of sp³-hybridized carbons (Fsp3) is 0.500. The molecule has 0 spiro atoms. The fourth-order valence-electron chi connectivity index (χ4n) is 1.55. The van der Waals surface area contributed by atoms with Crippen LogP contribution in [-0.4, -0.2) is 33.8 Å². The van der Waals surface area contributed by atoms with Crippen LogP contribution in [0.25, 0.3) is 0 Å². The molecule has 7 heteroatoms. The highest BCUT2D eigenvalue weighted by atomic mass is 32.2. The van der Waals surface area contributed by atoms with E-state index >= 15 is 0 Å². The Morgan fingerprint density at radius 2 is 2.16 bits per heavy atom. The van der Waals surface area contributed by atoms with Crippen molar-refractivity contribution >= 4 is 15.7 Å². The molecule has 0 aromatic heterocycles. The van der Waals surface area contributed by atoms with E-state index in [0.29, 0.717) is 12.2 Å². The largest absolute Gasteiger partial charge is 0.497 e. The van der Waals surface area contributed by atoms with Crippen molar-refractivity contribution < 1.29 is 18.3 Å². The number of nitrogen functional groups attached to an aromatic ring is 1. The molecule has 0 saturated heterocycles. The highest BCUT2D eigenvalue weighted by Crippen LogP contribution is 2.23. The summed E-state index contributed by atoms with van der Waals surface area (Å²) >= 11 is 0. The lowest BCUT2D eigenvalue weighted by Crippen LogP contribution is -2.29. The molecule has 1 unspecified atom stereocenters. The van der Waals surface area contributed by atoms with Crippen molar-refractivity contribution in [3.8, 4) is 5.75 Å². The molecule has 0 amide bonds. The van der Waals surface area contributed by atoms with Crippen LogP contribution in [0.3, 0.4) is 0 Å². The van der Waals surface area contributed by atoms with Crippen LogP contribution < -0.4 is 15.2 Å². The van der Waals surface area contributed by atoms with Gasteiger partial charge in [0.1, 0.15) is 10.6 Å². The molecule has 0 aliphatic carbocycles. The van der Waals surface area contributed by atoms with Crippen LogP contribution in [0.1, 0.15) is 13.3 Å². The Morgan fingerprint density at radius 3 is 2.68 bits per heavy atom. The summed E-state index contributed by atoms with van der Waals surface area (Å²) in [6.07, 6.45) is 0.542. The third-order valence-corrected chi connectivity index (χ3v) is 4.25. The minimum Gasteiger partial charge on any atom is -0.497 e. The predicted molar refractivity (Wildman–Crippen MR) is 73.5 cm³/mol. The van der Waals surface area contributed by atoms with Crippen molar-refractivity contribution in [1.82, 2.24) is 4.72 Å². The molecule has 1 aromatic carbocycles. The number of aliphatic hydroxyl groups excluding tert-OH is 1. The molecule has 0 radical (unpaired) electrons. The average Bonchev–Trinajstić information content (AvgIpc) is 2.36. The standard InChI is InChI=1S/C12H20N2O4S/c1-9(5-6-15)8-14-19(16,17)12-4-3-10(18-2)7-11(12)13/h3-4,7,9,14-15H,5-6,8,13H2,1-2H3. The number of hydrogen-bond acceptors (Lipinski definition) is 5. The number of aliphatic hydroxyl groups is 1. The van der Waals surface area contributed by atoms with Gasteiger partial charge in [0.15, 0.2) is 0 Å². The van der Waals surface area contributed by atoms with E-state index in [1.54, 1.807) is 6.07 Å². The quantitative estimate of drug-likeness (QED) is 0.637. The zero-order valence-corrected chi connectivity index (χ0v) is 11.9. The van der Waals surface area contributed by atoms with Crippen LogP contribution in [0.4, 0.5) is 5.69 Å². The Hall–Kier alpha value is -1.31. The highest BCUT2D eigenvalue weighted by Gasteiger charge is 2.18. The van der Waals surface area contributed by atoms with Gasteiger partial charge in [-0.1, -0.05) is 6.92 Å². The highest BCUT2D eigenvalue weighted by molar-refractivity contribution is 7.89. The Kier molecular flexibility index (Phi) is 5.59. The number of rotatable bonds is 7. The number of sulfonamides is 1. The molecule has 0 fully saturated rings. The van der Waals surface area contributed by atoms with Gasteiger partial charge in [-0.05, 0) is 24.5 Å². The third-order valence-electron chi connectivity index (χ3n) is 2.75. The second-order valence-corrected chi connectivity index (χ2v) is 6.11. The Bertz CT molecular complexity index is 516. The van der Waals surface area contributed by atoms with Crippen LogP contribution >= 0.6 is 0 Å². The number of anilines is 1. The van der Waals surface area contributed by atoms with Crippen LogP contribution in [-0.2, 0) is 10.0 Å². The Balaban J connectivity index is 2.83. The molecule has 0 aliphatic rings. The van der Waals surface area contributed by atoms with Crippen molar-refractivity contribution in [2.45, 2.75) is 18.2 Å². The van der Waals surface area contributed by atoms with Crippen LogP contribution in [0.15, 0.2) is 23.1 Å². The molecule has 19 heavy (non-hydrogen) atoms. The van der Waals surface area contributed by atoms with Crippen LogP contribution in [0.5, 0.6) is 5.75 Å². The van der Waals surface area contributed by atoms with Gasteiger partial charge >= 0.3 is 0 Å². The van der Waals surface area contributed by atoms with E-state index in [4.69, 9.17) is 15.6 Å². The van der Waals surface area contributed by atoms with Crippen molar-refractivity contribution in [2.24, 2.45) is 5.92 Å². The molecule has 0 bridgehead atoms. The molecule has 4 N–H and O–H groups in total. The zero-order chi connectivity index (χ0) is 14.5. The molecular weight excluding hydrogens is 268 g/mol. The lowest BCUT2D eigenvalue weighted by molar-refractivity contribution is 0.263. The Morgan fingerprint density at radius 1 is 1.47 bits per heavy atom. The second kappa shape index (κ2) is 6.74. The van der Waals surface area contributed by atoms with E-state index in [2.05, 4.69) is 4.72 Å². The van der Waals surface area contributed by atoms with Crippen LogP contribution in [0.2, 0.25) is 0 Å². The molecule has 1 aromatic rings. The lowest BCUT2D eigenvalue weighted by Gasteiger charge is -2.13. The topological polar surface area (TPSA) is 102 Å². The first-order valence-corrected chi connectivity index (χ1v) is 7.43. The summed E-state index contributed by atoms with van der Waals surface area (Å²) in [6, 6.07) is 4.42. The average molecular weight is 288 g/mol. The molecular formula is C12H20N2O4S. The molecule has 0 aliphatic heterocycles. The summed E-state index contributed by atoms with van der Waals surface area (Å²) in [6.45, 7) is 2.15. The molecule has 1 rings (SSSR count). The molecule has 0 saturated carbocycles. The van der Waals surface area contributed by atoms with Crippen molar-refractivity contribution in [2.75, 3.05) is 26.0 Å². The van der Waals surface area contributed by atoms with Gasteiger partial charge in [-0.3, -0.25) is 0 Å². The van der Waals surface area contributed by atoms with E-state index in [9.17, 15) is 8.42 Å². The maximum absolute atomic E-state index is 12.1. The van der Waals surface area contributed by atoms with Gasteiger partial charge in [0.05, 0.1) is 12.8 Å². The number of benzene rings is 1. The van der Waals surface area contributed by atoms with E-state index in [1.165, 1.54) is 19.2 Å². The second-order valence-electron chi connectivity index (χ2n) is 4.37. The smallest absolute Gasteiger partial charge is 0.242 e. The number of hydrogen-bond donors (Lipinski definition) is 3. The van der Waals surface area contributed by atoms with E-state index in [0.717, 1.165) is 0 Å². The normalized spacial score (nSPS) is 13.2. The minimum absolute atomic E-state index is 0.0319. The summed E-state index contributed by atoms with van der Waals surface area (Å²) in [5.41, 5.74) is 5.85. The molecule has 0 heterocycles. The molecule has 6 nitrogen and oxygen atoms in total. The van der Waals surface area contributed by atoms with Gasteiger partial charge in [-0.2, -0.15) is 0 Å². The van der Waals surface area contributed by atoms with E-state index < -0.39 is 10.0 Å². The van der Waals surface area contributed by atoms with Gasteiger partial charge in [0.25, 0.3) is 0 Å². The molecule has 1 atom stereocenters. The lowest BCUT2D eigenvalue weighted by atomic mass is 10.1. The maximum atomic E-state index is 12.1.